The molecule has 5 rings (SSSR count). The van der Waals surface area contributed by atoms with Gasteiger partial charge in [0.25, 0.3) is 0 Å². The maximum absolute atomic E-state index is 14.2. The molecule has 0 aliphatic rings. The summed E-state index contributed by atoms with van der Waals surface area (Å²) in [5.41, 5.74) is 2.40. The second kappa shape index (κ2) is 9.20. The third-order valence-corrected chi connectivity index (χ3v) is 6.13. The number of carbonyl (C=O) groups is 1. The van der Waals surface area contributed by atoms with E-state index < -0.39 is 17.1 Å². The summed E-state index contributed by atoms with van der Waals surface area (Å²) in [6.45, 7) is 0. The molecule has 4 aromatic carbocycles. The number of benzene rings is 4. The van der Waals surface area contributed by atoms with Gasteiger partial charge in [0.1, 0.15) is 23.1 Å². The first kappa shape index (κ1) is 22.0. The number of aromatic nitrogens is 2. The summed E-state index contributed by atoms with van der Waals surface area (Å²) in [5.74, 6) is -1.15. The summed E-state index contributed by atoms with van der Waals surface area (Å²) in [6.07, 6.45) is 3.34. The largest absolute Gasteiger partial charge is 0.318 e. The summed E-state index contributed by atoms with van der Waals surface area (Å²) < 4.78 is 16.1. The Morgan fingerprint density at radius 3 is 1.77 bits per heavy atom. The van der Waals surface area contributed by atoms with E-state index >= 15 is 0 Å². The normalized spacial score (nSPS) is 11.1. The molecular formula is C30H20FN3O. The van der Waals surface area contributed by atoms with E-state index in [0.717, 1.165) is 22.8 Å². The van der Waals surface area contributed by atoms with Gasteiger partial charge < -0.3 is 4.57 Å². The first-order chi connectivity index (χ1) is 17.1. The minimum absolute atomic E-state index is 0.108. The van der Waals surface area contributed by atoms with Crippen LogP contribution >= 0.6 is 0 Å². The molecule has 0 N–H and O–H groups in total. The Hall–Kier alpha value is -4.82. The first-order valence-electron chi connectivity index (χ1n) is 11.1. The third kappa shape index (κ3) is 3.81. The molecule has 168 valence electrons. The number of carbonyl (C=O) groups excluding carboxylic acids is 1. The molecule has 0 amide bonds. The molecule has 0 aliphatic heterocycles. The summed E-state index contributed by atoms with van der Waals surface area (Å²) in [7, 11) is 0. The number of hydrogen-bond donors (Lipinski definition) is 0. The lowest BCUT2D eigenvalue weighted by Gasteiger charge is -2.37. The second-order valence-electron chi connectivity index (χ2n) is 8.11. The van der Waals surface area contributed by atoms with E-state index in [4.69, 9.17) is 5.26 Å². The predicted octanol–water partition coefficient (Wildman–Crippen LogP) is 5.97. The average Bonchev–Trinajstić information content (AvgIpc) is 3.41. The number of imidazole rings is 1. The molecule has 0 saturated carbocycles. The van der Waals surface area contributed by atoms with Crippen LogP contribution in [0.25, 0.3) is 0 Å². The van der Waals surface area contributed by atoms with Crippen molar-refractivity contribution in [2.45, 2.75) is 5.54 Å². The third-order valence-electron chi connectivity index (χ3n) is 6.13. The number of ketones is 1. The molecule has 0 saturated heterocycles. The fraction of sp³-hybridized carbons (Fsp3) is 0.0333. The zero-order valence-corrected chi connectivity index (χ0v) is 18.7. The van der Waals surface area contributed by atoms with E-state index in [9.17, 15) is 9.18 Å². The van der Waals surface area contributed by atoms with E-state index in [1.807, 2.05) is 59.2 Å². The van der Waals surface area contributed by atoms with Crippen molar-refractivity contribution in [1.29, 1.82) is 5.26 Å². The van der Waals surface area contributed by atoms with Gasteiger partial charge in [-0.25, -0.2) is 9.37 Å². The van der Waals surface area contributed by atoms with Gasteiger partial charge in [0.15, 0.2) is 0 Å². The summed E-state index contributed by atoms with van der Waals surface area (Å²) in [6, 6.07) is 35.7. The molecular weight excluding hydrogens is 437 g/mol. The van der Waals surface area contributed by atoms with Crippen LogP contribution in [0.3, 0.4) is 0 Å². The summed E-state index contributed by atoms with van der Waals surface area (Å²) in [4.78, 5) is 17.7. The maximum Gasteiger partial charge on any atom is 0.213 e. The van der Waals surface area contributed by atoms with Crippen LogP contribution < -0.4 is 0 Å². The summed E-state index contributed by atoms with van der Waals surface area (Å²) in [5, 5.41) is 8.99. The number of nitrogens with zero attached hydrogens (tertiary/aromatic N) is 3. The minimum atomic E-state index is -0.800. The van der Waals surface area contributed by atoms with Crippen molar-refractivity contribution in [2.75, 3.05) is 0 Å². The van der Waals surface area contributed by atoms with Crippen molar-refractivity contribution in [1.82, 2.24) is 9.55 Å². The standard InChI is InChI=1S/C30H20FN3O/c31-27-18-22(16-17-23(27)19-32)29(35)28-20-34(21-33-28)30(24-10-4-1-5-11-24,25-12-6-2-7-13-25)26-14-8-3-9-15-26/h1-18,20-21H. The van der Waals surface area contributed by atoms with E-state index in [0.29, 0.717) is 0 Å². The smallest absolute Gasteiger partial charge is 0.213 e. The number of hydrogen-bond acceptors (Lipinski definition) is 3. The Morgan fingerprint density at radius 1 is 0.800 bits per heavy atom. The van der Waals surface area contributed by atoms with Gasteiger partial charge in [-0.1, -0.05) is 91.0 Å². The van der Waals surface area contributed by atoms with Gasteiger partial charge in [0.05, 0.1) is 11.9 Å². The zero-order valence-electron chi connectivity index (χ0n) is 18.7. The molecule has 0 unspecified atom stereocenters. The molecule has 0 radical (unpaired) electrons. The molecule has 0 atom stereocenters. The van der Waals surface area contributed by atoms with Crippen LogP contribution in [0.1, 0.15) is 38.3 Å². The lowest BCUT2D eigenvalue weighted by atomic mass is 9.77. The second-order valence-corrected chi connectivity index (χ2v) is 8.11. The molecule has 35 heavy (non-hydrogen) atoms. The van der Waals surface area contributed by atoms with Crippen molar-refractivity contribution in [3.8, 4) is 6.07 Å². The zero-order chi connectivity index (χ0) is 24.3. The van der Waals surface area contributed by atoms with E-state index in [1.165, 1.54) is 12.1 Å². The highest BCUT2D eigenvalue weighted by atomic mass is 19.1. The highest BCUT2D eigenvalue weighted by Crippen LogP contribution is 2.40. The fourth-order valence-corrected chi connectivity index (χ4v) is 4.50. The first-order valence-corrected chi connectivity index (χ1v) is 11.1. The van der Waals surface area contributed by atoms with E-state index in [1.54, 1.807) is 18.6 Å². The Balaban J connectivity index is 1.72. The van der Waals surface area contributed by atoms with Crippen molar-refractivity contribution in [3.63, 3.8) is 0 Å². The fourth-order valence-electron chi connectivity index (χ4n) is 4.50. The van der Waals surface area contributed by atoms with Crippen LogP contribution in [-0.4, -0.2) is 15.3 Å². The van der Waals surface area contributed by atoms with Gasteiger partial charge in [-0.15, -0.1) is 0 Å². The van der Waals surface area contributed by atoms with E-state index in [-0.39, 0.29) is 16.8 Å². The number of halogens is 1. The highest BCUT2D eigenvalue weighted by Gasteiger charge is 2.38. The molecule has 5 heteroatoms. The van der Waals surface area contributed by atoms with Crippen LogP contribution in [0, 0.1) is 17.1 Å². The van der Waals surface area contributed by atoms with Crippen molar-refractivity contribution in [3.05, 3.63) is 161 Å². The maximum atomic E-state index is 14.2. The predicted molar refractivity (Wildman–Crippen MR) is 131 cm³/mol. The Kier molecular flexibility index (Phi) is 5.78. The van der Waals surface area contributed by atoms with Gasteiger partial charge in [-0.05, 0) is 34.9 Å². The quantitative estimate of drug-likeness (QED) is 0.233. The van der Waals surface area contributed by atoms with Gasteiger partial charge in [0, 0.05) is 11.8 Å². The van der Waals surface area contributed by atoms with Gasteiger partial charge in [-0.3, -0.25) is 4.79 Å². The van der Waals surface area contributed by atoms with Crippen LogP contribution in [0.4, 0.5) is 4.39 Å². The van der Waals surface area contributed by atoms with Crippen molar-refractivity contribution < 1.29 is 9.18 Å². The molecule has 1 heterocycles. The van der Waals surface area contributed by atoms with Crippen LogP contribution in [0.2, 0.25) is 0 Å². The number of nitriles is 1. The topological polar surface area (TPSA) is 58.7 Å². The molecule has 0 aliphatic carbocycles. The Labute approximate surface area is 202 Å². The minimum Gasteiger partial charge on any atom is -0.318 e. The molecule has 0 fully saturated rings. The van der Waals surface area contributed by atoms with Crippen LogP contribution in [-0.2, 0) is 5.54 Å². The number of rotatable bonds is 6. The van der Waals surface area contributed by atoms with Gasteiger partial charge in [-0.2, -0.15) is 5.26 Å². The van der Waals surface area contributed by atoms with Gasteiger partial charge in [0.2, 0.25) is 5.78 Å². The molecule has 4 nitrogen and oxygen atoms in total. The van der Waals surface area contributed by atoms with Crippen LogP contribution in [0.15, 0.2) is 122 Å². The lowest BCUT2D eigenvalue weighted by Crippen LogP contribution is -2.37. The highest BCUT2D eigenvalue weighted by molar-refractivity contribution is 6.07. The SMILES string of the molecule is N#Cc1ccc(C(=O)c2cn(C(c3ccccc3)(c3ccccc3)c3ccccc3)cn2)cc1F. The van der Waals surface area contributed by atoms with E-state index in [2.05, 4.69) is 41.4 Å². The Morgan fingerprint density at radius 2 is 1.31 bits per heavy atom. The van der Waals surface area contributed by atoms with Crippen molar-refractivity contribution >= 4 is 5.78 Å². The molecule has 1 aromatic heterocycles. The lowest BCUT2D eigenvalue weighted by molar-refractivity contribution is 0.103. The van der Waals surface area contributed by atoms with Crippen molar-refractivity contribution in [2.24, 2.45) is 0 Å². The summed E-state index contributed by atoms with van der Waals surface area (Å²) >= 11 is 0. The molecule has 5 aromatic rings. The van der Waals surface area contributed by atoms with Gasteiger partial charge >= 0.3 is 0 Å². The monoisotopic (exact) mass is 457 g/mol. The van der Waals surface area contributed by atoms with Crippen LogP contribution in [0.5, 0.6) is 0 Å². The average molecular weight is 458 g/mol. The molecule has 0 bridgehead atoms. The molecule has 0 spiro atoms. The Bertz CT molecular complexity index is 1420.